The van der Waals surface area contributed by atoms with Crippen molar-refractivity contribution in [2.24, 2.45) is 0 Å². The topological polar surface area (TPSA) is 113 Å². The van der Waals surface area contributed by atoms with E-state index >= 15 is 0 Å². The van der Waals surface area contributed by atoms with Crippen LogP contribution in [0, 0.1) is 0 Å². The summed E-state index contributed by atoms with van der Waals surface area (Å²) in [5.41, 5.74) is 3.48. The normalized spacial score (nSPS) is 15.4. The first kappa shape index (κ1) is 26.4. The van der Waals surface area contributed by atoms with Crippen LogP contribution in [0.25, 0.3) is 0 Å². The SMILES string of the molecule is OC[C@@H](O)[C@@H](O)[C@H](O)[C@H](O)CNCCSC(c1ccccc1)(c1ccccc1)c1ccccc1. The van der Waals surface area contributed by atoms with E-state index in [-0.39, 0.29) is 6.54 Å². The van der Waals surface area contributed by atoms with Crippen molar-refractivity contribution in [3.8, 4) is 0 Å². The number of nitrogens with one attached hydrogen (secondary N) is 1. The van der Waals surface area contributed by atoms with Crippen LogP contribution in [0.4, 0.5) is 0 Å². The average Bonchev–Trinajstić information content (AvgIpc) is 2.91. The first-order valence-corrected chi connectivity index (χ1v) is 12.3. The van der Waals surface area contributed by atoms with Gasteiger partial charge in [0.25, 0.3) is 0 Å². The molecule has 3 rings (SSSR count). The third-order valence-corrected chi connectivity index (χ3v) is 7.37. The lowest BCUT2D eigenvalue weighted by Crippen LogP contribution is -2.49. The highest BCUT2D eigenvalue weighted by Gasteiger charge is 2.36. The molecule has 3 aromatic carbocycles. The zero-order chi connectivity index (χ0) is 24.4. The van der Waals surface area contributed by atoms with Crippen LogP contribution in [0.5, 0.6) is 0 Å². The van der Waals surface area contributed by atoms with Gasteiger partial charge in [-0.2, -0.15) is 0 Å². The van der Waals surface area contributed by atoms with Gasteiger partial charge < -0.3 is 30.8 Å². The lowest BCUT2D eigenvalue weighted by Gasteiger charge is -2.35. The van der Waals surface area contributed by atoms with Crippen LogP contribution in [-0.4, -0.2) is 75.4 Å². The lowest BCUT2D eigenvalue weighted by atomic mass is 9.84. The molecule has 34 heavy (non-hydrogen) atoms. The molecule has 0 aliphatic carbocycles. The van der Waals surface area contributed by atoms with Gasteiger partial charge >= 0.3 is 0 Å². The largest absolute Gasteiger partial charge is 0.394 e. The van der Waals surface area contributed by atoms with Gasteiger partial charge in [0.05, 0.1) is 17.5 Å². The quantitative estimate of drug-likeness (QED) is 0.162. The molecule has 7 heteroatoms. The van der Waals surface area contributed by atoms with Gasteiger partial charge in [0.2, 0.25) is 0 Å². The molecule has 0 heterocycles. The van der Waals surface area contributed by atoms with Gasteiger partial charge in [0, 0.05) is 18.8 Å². The number of rotatable bonds is 13. The maximum Gasteiger partial charge on any atom is 0.111 e. The van der Waals surface area contributed by atoms with Crippen LogP contribution in [0.3, 0.4) is 0 Å². The number of aliphatic hydroxyl groups excluding tert-OH is 5. The standard InChI is InChI=1S/C27H33NO5S/c29-19-24(31)26(33)25(32)23(30)18-28-16-17-34-27(20-10-4-1-5-11-20,21-12-6-2-7-13-21)22-14-8-3-9-15-22/h1-15,23-26,28-33H,16-19H2/t23-,24-,25-,26-/m1/s1. The summed E-state index contributed by atoms with van der Waals surface area (Å²) >= 11 is 1.77. The molecular weight excluding hydrogens is 450 g/mol. The molecule has 6 N–H and O–H groups in total. The average molecular weight is 484 g/mol. The van der Waals surface area contributed by atoms with Gasteiger partial charge in [0.1, 0.15) is 18.3 Å². The fraction of sp³-hybridized carbons (Fsp3) is 0.333. The Bertz CT molecular complexity index is 864. The molecule has 6 nitrogen and oxygen atoms in total. The van der Waals surface area contributed by atoms with Crippen molar-refractivity contribution in [1.29, 1.82) is 0 Å². The monoisotopic (exact) mass is 483 g/mol. The second-order valence-electron chi connectivity index (χ2n) is 8.13. The Balaban J connectivity index is 1.75. The summed E-state index contributed by atoms with van der Waals surface area (Å²) in [6.07, 6.45) is -6.00. The maximum atomic E-state index is 10.2. The van der Waals surface area contributed by atoms with Crippen LogP contribution < -0.4 is 5.32 Å². The van der Waals surface area contributed by atoms with Crippen LogP contribution in [0.1, 0.15) is 16.7 Å². The summed E-state index contributed by atoms with van der Waals surface area (Å²) in [6, 6.07) is 31.1. The number of hydrogen-bond acceptors (Lipinski definition) is 7. The van der Waals surface area contributed by atoms with Crippen molar-refractivity contribution in [3.05, 3.63) is 108 Å². The van der Waals surface area contributed by atoms with Crippen molar-refractivity contribution < 1.29 is 25.5 Å². The predicted octanol–water partition coefficient (Wildman–Crippen LogP) is 1.74. The second kappa shape index (κ2) is 13.0. The number of benzene rings is 3. The van der Waals surface area contributed by atoms with Gasteiger partial charge in [-0.1, -0.05) is 91.0 Å². The minimum Gasteiger partial charge on any atom is -0.394 e. The molecule has 0 radical (unpaired) electrons. The summed E-state index contributed by atoms with van der Waals surface area (Å²) < 4.78 is -0.439. The number of aliphatic hydroxyl groups is 5. The summed E-state index contributed by atoms with van der Waals surface area (Å²) in [7, 11) is 0. The molecule has 0 amide bonds. The summed E-state index contributed by atoms with van der Waals surface area (Å²) in [4.78, 5) is 0. The van der Waals surface area contributed by atoms with Crippen molar-refractivity contribution in [2.75, 3.05) is 25.4 Å². The van der Waals surface area contributed by atoms with E-state index in [2.05, 4.69) is 41.7 Å². The fourth-order valence-electron chi connectivity index (χ4n) is 3.98. The second-order valence-corrected chi connectivity index (χ2v) is 9.44. The maximum absolute atomic E-state index is 10.2. The van der Waals surface area contributed by atoms with Crippen LogP contribution >= 0.6 is 11.8 Å². The van der Waals surface area contributed by atoms with E-state index in [1.54, 1.807) is 11.8 Å². The van der Waals surface area contributed by atoms with E-state index in [1.807, 2.05) is 54.6 Å². The lowest BCUT2D eigenvalue weighted by molar-refractivity contribution is -0.113. The van der Waals surface area contributed by atoms with Crippen LogP contribution in [-0.2, 0) is 4.75 Å². The van der Waals surface area contributed by atoms with E-state index in [9.17, 15) is 20.4 Å². The van der Waals surface area contributed by atoms with E-state index < -0.39 is 35.8 Å². The molecule has 0 aromatic heterocycles. The van der Waals surface area contributed by atoms with Gasteiger partial charge in [-0.25, -0.2) is 0 Å². The van der Waals surface area contributed by atoms with E-state index in [4.69, 9.17) is 5.11 Å². The molecule has 0 unspecified atom stereocenters. The minimum atomic E-state index is -1.63. The summed E-state index contributed by atoms with van der Waals surface area (Å²) in [5, 5.41) is 51.5. The van der Waals surface area contributed by atoms with Gasteiger partial charge in [-0.15, -0.1) is 11.8 Å². The fourth-order valence-corrected chi connectivity index (χ4v) is 5.44. The Hall–Kier alpha value is -2.23. The first-order chi connectivity index (χ1) is 16.5. The Labute approximate surface area is 204 Å². The van der Waals surface area contributed by atoms with Crippen molar-refractivity contribution in [2.45, 2.75) is 29.2 Å². The van der Waals surface area contributed by atoms with E-state index in [1.165, 1.54) is 0 Å². The molecular formula is C27H33NO5S. The third kappa shape index (κ3) is 6.25. The Morgan fingerprint density at radius 2 is 1.06 bits per heavy atom. The summed E-state index contributed by atoms with van der Waals surface area (Å²) in [5.74, 6) is 0.698. The Kier molecular flexibility index (Phi) is 10.1. The molecule has 182 valence electrons. The Morgan fingerprint density at radius 1 is 0.647 bits per heavy atom. The Morgan fingerprint density at radius 3 is 1.47 bits per heavy atom. The van der Waals surface area contributed by atoms with Crippen molar-refractivity contribution in [3.63, 3.8) is 0 Å². The number of thioether (sulfide) groups is 1. The first-order valence-electron chi connectivity index (χ1n) is 11.3. The molecule has 0 spiro atoms. The zero-order valence-corrected chi connectivity index (χ0v) is 19.8. The zero-order valence-electron chi connectivity index (χ0n) is 18.9. The molecule has 0 bridgehead atoms. The highest BCUT2D eigenvalue weighted by atomic mass is 32.2. The van der Waals surface area contributed by atoms with Gasteiger partial charge in [-0.3, -0.25) is 0 Å². The highest BCUT2D eigenvalue weighted by molar-refractivity contribution is 8.00. The highest BCUT2D eigenvalue weighted by Crippen LogP contribution is 2.48. The predicted molar refractivity (Wildman–Crippen MR) is 136 cm³/mol. The number of hydrogen-bond donors (Lipinski definition) is 6. The molecule has 4 atom stereocenters. The molecule has 3 aromatic rings. The van der Waals surface area contributed by atoms with Crippen LogP contribution in [0.15, 0.2) is 91.0 Å². The molecule has 0 aliphatic heterocycles. The molecule has 0 saturated carbocycles. The van der Waals surface area contributed by atoms with Crippen molar-refractivity contribution in [1.82, 2.24) is 5.32 Å². The van der Waals surface area contributed by atoms with E-state index in [0.717, 1.165) is 16.7 Å². The third-order valence-electron chi connectivity index (χ3n) is 5.82. The van der Waals surface area contributed by atoms with Gasteiger partial charge in [-0.05, 0) is 16.7 Å². The van der Waals surface area contributed by atoms with E-state index in [0.29, 0.717) is 12.3 Å². The van der Waals surface area contributed by atoms with Crippen molar-refractivity contribution >= 4 is 11.8 Å². The minimum absolute atomic E-state index is 0.0337. The molecule has 0 fully saturated rings. The summed E-state index contributed by atoms with van der Waals surface area (Å²) in [6.45, 7) is -0.122. The molecule has 0 saturated heterocycles. The van der Waals surface area contributed by atoms with Gasteiger partial charge in [0.15, 0.2) is 0 Å². The molecule has 0 aliphatic rings. The van der Waals surface area contributed by atoms with Crippen LogP contribution in [0.2, 0.25) is 0 Å². The smallest absolute Gasteiger partial charge is 0.111 e.